The fraction of sp³-hybridized carbons (Fsp3) is 0.833. The molecule has 0 aromatic heterocycles. The Labute approximate surface area is 113 Å². The second-order valence-electron chi connectivity index (χ2n) is 4.74. The van der Waals surface area contributed by atoms with Crippen LogP contribution < -0.4 is 0 Å². The van der Waals surface area contributed by atoms with Gasteiger partial charge in [0.05, 0.1) is 25.4 Å². The highest BCUT2D eigenvalue weighted by Crippen LogP contribution is 2.13. The van der Waals surface area contributed by atoms with E-state index in [1.807, 2.05) is 13.8 Å². The maximum Gasteiger partial charge on any atom is 0.323 e. The fourth-order valence-corrected chi connectivity index (χ4v) is 1.96. The van der Waals surface area contributed by atoms with Gasteiger partial charge in [-0.1, -0.05) is 0 Å². The third kappa shape index (κ3) is 4.68. The van der Waals surface area contributed by atoms with Gasteiger partial charge in [0.2, 0.25) is 0 Å². The molecule has 0 aromatic rings. The highest BCUT2D eigenvalue weighted by molar-refractivity contribution is 5.80. The average Bonchev–Trinajstić information content (AvgIpc) is 2.36. The van der Waals surface area contributed by atoms with Crippen molar-refractivity contribution in [3.8, 4) is 0 Å². The first-order chi connectivity index (χ1) is 8.95. The summed E-state index contributed by atoms with van der Waals surface area (Å²) in [6.07, 6.45) is -0.0331. The van der Waals surface area contributed by atoms with Gasteiger partial charge in [0.1, 0.15) is 6.54 Å². The standard InChI is InChI=1S/C12H22N2O5/c1-9-8-19-10(2)6-14(9)12(17)13(4-5-18-3)7-11(15)16/h9-10H,4-8H2,1-3H3,(H,15,16). The summed E-state index contributed by atoms with van der Waals surface area (Å²) in [6.45, 7) is 4.98. The van der Waals surface area contributed by atoms with E-state index in [0.717, 1.165) is 0 Å². The number of aliphatic carboxylic acids is 1. The number of carbonyl (C=O) groups is 2. The number of hydrogen-bond acceptors (Lipinski definition) is 4. The molecule has 2 amide bonds. The van der Waals surface area contributed by atoms with E-state index in [-0.39, 0.29) is 31.3 Å². The molecule has 1 heterocycles. The molecule has 1 saturated heterocycles. The van der Waals surface area contributed by atoms with Crippen molar-refractivity contribution in [1.82, 2.24) is 9.80 Å². The normalized spacial score (nSPS) is 23.2. The van der Waals surface area contributed by atoms with Crippen LogP contribution in [0.2, 0.25) is 0 Å². The van der Waals surface area contributed by atoms with Gasteiger partial charge in [-0.15, -0.1) is 0 Å². The fourth-order valence-electron chi connectivity index (χ4n) is 1.96. The Morgan fingerprint density at radius 1 is 1.47 bits per heavy atom. The van der Waals surface area contributed by atoms with Crippen LogP contribution in [0.1, 0.15) is 13.8 Å². The highest BCUT2D eigenvalue weighted by Gasteiger charge is 2.31. The summed E-state index contributed by atoms with van der Waals surface area (Å²) in [4.78, 5) is 26.2. The number of ether oxygens (including phenoxy) is 2. The Kier molecular flexibility index (Phi) is 6.04. The van der Waals surface area contributed by atoms with Gasteiger partial charge >= 0.3 is 12.0 Å². The van der Waals surface area contributed by atoms with Gasteiger partial charge in [0.15, 0.2) is 0 Å². The molecule has 2 atom stereocenters. The Morgan fingerprint density at radius 3 is 2.74 bits per heavy atom. The van der Waals surface area contributed by atoms with E-state index in [1.165, 1.54) is 12.0 Å². The lowest BCUT2D eigenvalue weighted by Crippen LogP contribution is -2.55. The van der Waals surface area contributed by atoms with Gasteiger partial charge in [-0.3, -0.25) is 4.79 Å². The van der Waals surface area contributed by atoms with Gasteiger partial charge in [-0.25, -0.2) is 4.79 Å². The van der Waals surface area contributed by atoms with Gasteiger partial charge in [0, 0.05) is 20.2 Å². The summed E-state index contributed by atoms with van der Waals surface area (Å²) in [5.41, 5.74) is 0. The first kappa shape index (κ1) is 15.7. The number of carbonyl (C=O) groups excluding carboxylic acids is 1. The predicted molar refractivity (Wildman–Crippen MR) is 68.1 cm³/mol. The molecular weight excluding hydrogens is 252 g/mol. The van der Waals surface area contributed by atoms with Crippen LogP contribution in [0, 0.1) is 0 Å². The molecule has 1 fully saturated rings. The van der Waals surface area contributed by atoms with E-state index < -0.39 is 5.97 Å². The van der Waals surface area contributed by atoms with E-state index in [0.29, 0.717) is 19.8 Å². The van der Waals surface area contributed by atoms with E-state index in [1.54, 1.807) is 4.90 Å². The molecule has 1 rings (SSSR count). The molecule has 19 heavy (non-hydrogen) atoms. The second-order valence-corrected chi connectivity index (χ2v) is 4.74. The lowest BCUT2D eigenvalue weighted by Gasteiger charge is -2.39. The van der Waals surface area contributed by atoms with E-state index >= 15 is 0 Å². The van der Waals surface area contributed by atoms with Crippen LogP contribution in [0.3, 0.4) is 0 Å². The van der Waals surface area contributed by atoms with Crippen molar-refractivity contribution in [2.24, 2.45) is 0 Å². The Hall–Kier alpha value is -1.34. The van der Waals surface area contributed by atoms with Crippen LogP contribution in [-0.4, -0.2) is 79.0 Å². The molecule has 1 aliphatic rings. The van der Waals surface area contributed by atoms with Crippen LogP contribution in [0.15, 0.2) is 0 Å². The maximum absolute atomic E-state index is 12.4. The monoisotopic (exact) mass is 274 g/mol. The van der Waals surface area contributed by atoms with E-state index in [9.17, 15) is 9.59 Å². The van der Waals surface area contributed by atoms with Crippen LogP contribution in [0.4, 0.5) is 4.79 Å². The van der Waals surface area contributed by atoms with Crippen molar-refractivity contribution in [3.63, 3.8) is 0 Å². The summed E-state index contributed by atoms with van der Waals surface area (Å²) in [6, 6.07) is -0.329. The van der Waals surface area contributed by atoms with Crippen molar-refractivity contribution in [3.05, 3.63) is 0 Å². The summed E-state index contributed by atoms with van der Waals surface area (Å²) >= 11 is 0. The van der Waals surface area contributed by atoms with Crippen molar-refractivity contribution in [2.45, 2.75) is 26.0 Å². The lowest BCUT2D eigenvalue weighted by molar-refractivity contribution is -0.138. The number of methoxy groups -OCH3 is 1. The molecule has 7 heteroatoms. The van der Waals surface area contributed by atoms with Gasteiger partial charge in [-0.2, -0.15) is 0 Å². The Morgan fingerprint density at radius 2 is 2.16 bits per heavy atom. The number of carboxylic acid groups (broad SMARTS) is 1. The van der Waals surface area contributed by atoms with Crippen LogP contribution in [0.5, 0.6) is 0 Å². The third-order valence-corrected chi connectivity index (χ3v) is 3.02. The largest absolute Gasteiger partial charge is 0.480 e. The smallest absolute Gasteiger partial charge is 0.323 e. The van der Waals surface area contributed by atoms with Crippen molar-refractivity contribution >= 4 is 12.0 Å². The predicted octanol–water partition coefficient (Wildman–Crippen LogP) is 0.249. The minimum atomic E-state index is -1.03. The summed E-state index contributed by atoms with van der Waals surface area (Å²) in [7, 11) is 1.52. The number of morpholine rings is 1. The number of rotatable bonds is 5. The third-order valence-electron chi connectivity index (χ3n) is 3.02. The summed E-state index contributed by atoms with van der Waals surface area (Å²) in [5.74, 6) is -1.03. The van der Waals surface area contributed by atoms with Gasteiger partial charge < -0.3 is 24.4 Å². The zero-order valence-corrected chi connectivity index (χ0v) is 11.7. The maximum atomic E-state index is 12.4. The van der Waals surface area contributed by atoms with Gasteiger partial charge in [-0.05, 0) is 13.8 Å². The molecule has 7 nitrogen and oxygen atoms in total. The molecule has 2 unspecified atom stereocenters. The average molecular weight is 274 g/mol. The molecule has 0 saturated carbocycles. The van der Waals surface area contributed by atoms with Gasteiger partial charge in [0.25, 0.3) is 0 Å². The van der Waals surface area contributed by atoms with E-state index in [2.05, 4.69) is 0 Å². The molecule has 1 N–H and O–H groups in total. The summed E-state index contributed by atoms with van der Waals surface area (Å²) in [5, 5.41) is 8.87. The summed E-state index contributed by atoms with van der Waals surface area (Å²) < 4.78 is 10.4. The Bertz CT molecular complexity index is 323. The highest BCUT2D eigenvalue weighted by atomic mass is 16.5. The Balaban J connectivity index is 2.70. The molecule has 0 spiro atoms. The van der Waals surface area contributed by atoms with Crippen molar-refractivity contribution < 1.29 is 24.2 Å². The second kappa shape index (κ2) is 7.30. The topological polar surface area (TPSA) is 79.3 Å². The number of carboxylic acids is 1. The zero-order chi connectivity index (χ0) is 14.4. The van der Waals surface area contributed by atoms with Crippen molar-refractivity contribution in [1.29, 1.82) is 0 Å². The van der Waals surface area contributed by atoms with E-state index in [4.69, 9.17) is 14.6 Å². The molecule has 1 aliphatic heterocycles. The first-order valence-electron chi connectivity index (χ1n) is 6.33. The number of amides is 2. The van der Waals surface area contributed by atoms with Crippen LogP contribution >= 0.6 is 0 Å². The van der Waals surface area contributed by atoms with Crippen LogP contribution in [0.25, 0.3) is 0 Å². The van der Waals surface area contributed by atoms with Crippen molar-refractivity contribution in [2.75, 3.05) is 40.0 Å². The number of urea groups is 1. The SMILES string of the molecule is COCCN(CC(=O)O)C(=O)N1CC(C)OCC1C. The zero-order valence-electron chi connectivity index (χ0n) is 11.7. The quantitative estimate of drug-likeness (QED) is 0.777. The molecule has 110 valence electrons. The van der Waals surface area contributed by atoms with Crippen LogP contribution in [-0.2, 0) is 14.3 Å². The minimum absolute atomic E-state index is 0.0331. The number of nitrogens with zero attached hydrogens (tertiary/aromatic N) is 2. The molecular formula is C12H22N2O5. The molecule has 0 radical (unpaired) electrons. The first-order valence-corrected chi connectivity index (χ1v) is 6.33. The lowest BCUT2D eigenvalue weighted by atomic mass is 10.2. The number of hydrogen-bond donors (Lipinski definition) is 1. The molecule has 0 bridgehead atoms. The molecule has 0 aromatic carbocycles. The molecule has 0 aliphatic carbocycles. The minimum Gasteiger partial charge on any atom is -0.480 e.